The van der Waals surface area contributed by atoms with Crippen LogP contribution in [0.3, 0.4) is 0 Å². The van der Waals surface area contributed by atoms with Crippen LogP contribution in [0.2, 0.25) is 0 Å². The van der Waals surface area contributed by atoms with Crippen LogP contribution < -0.4 is 0 Å². The Morgan fingerprint density at radius 2 is 1.73 bits per heavy atom. The molecule has 2 aromatic rings. The zero-order valence-electron chi connectivity index (χ0n) is 15.4. The van der Waals surface area contributed by atoms with Crippen LogP contribution in [0.15, 0.2) is 48.5 Å². The van der Waals surface area contributed by atoms with Crippen LogP contribution in [0.4, 0.5) is 0 Å². The van der Waals surface area contributed by atoms with E-state index in [1.165, 1.54) is 17.5 Å². The van der Waals surface area contributed by atoms with Crippen molar-refractivity contribution in [3.8, 4) is 0 Å². The number of carbonyl (C=O) groups excluding carboxylic acids is 2. The first-order valence-electron chi connectivity index (χ1n) is 9.16. The molecule has 0 radical (unpaired) electrons. The quantitative estimate of drug-likeness (QED) is 0.767. The molecule has 0 N–H and O–H groups in total. The van der Waals surface area contributed by atoms with Gasteiger partial charge >= 0.3 is 5.97 Å². The summed E-state index contributed by atoms with van der Waals surface area (Å²) in [7, 11) is 1.73. The third-order valence-corrected chi connectivity index (χ3v) is 5.17. The maximum Gasteiger partial charge on any atom is 0.338 e. The van der Waals surface area contributed by atoms with Gasteiger partial charge in [-0.1, -0.05) is 36.4 Å². The summed E-state index contributed by atoms with van der Waals surface area (Å²) >= 11 is 0. The molecule has 0 aromatic heterocycles. The molecule has 3 rings (SSSR count). The topological polar surface area (TPSA) is 46.6 Å². The number of esters is 1. The largest absolute Gasteiger partial charge is 0.452 e. The lowest BCUT2D eigenvalue weighted by Crippen LogP contribution is -2.33. The molecule has 0 saturated heterocycles. The van der Waals surface area contributed by atoms with E-state index in [2.05, 4.69) is 0 Å². The Balaban J connectivity index is 1.58. The SMILES string of the molecule is C[C@@H](c1ccccc1)N(C)C(=O)COC(=O)c1ccc2c(c1)CCCC2. The van der Waals surface area contributed by atoms with Gasteiger partial charge in [0, 0.05) is 7.05 Å². The van der Waals surface area contributed by atoms with Crippen molar-refractivity contribution in [2.24, 2.45) is 0 Å². The molecule has 1 atom stereocenters. The van der Waals surface area contributed by atoms with Gasteiger partial charge in [0.05, 0.1) is 11.6 Å². The highest BCUT2D eigenvalue weighted by molar-refractivity contribution is 5.91. The lowest BCUT2D eigenvalue weighted by Gasteiger charge is -2.25. The highest BCUT2D eigenvalue weighted by Crippen LogP contribution is 2.23. The monoisotopic (exact) mass is 351 g/mol. The van der Waals surface area contributed by atoms with E-state index in [4.69, 9.17) is 4.74 Å². The smallest absolute Gasteiger partial charge is 0.338 e. The second-order valence-corrected chi connectivity index (χ2v) is 6.86. The molecule has 1 aliphatic carbocycles. The van der Waals surface area contributed by atoms with Crippen LogP contribution >= 0.6 is 0 Å². The highest BCUT2D eigenvalue weighted by Gasteiger charge is 2.20. The number of fused-ring (bicyclic) bond motifs is 1. The van der Waals surface area contributed by atoms with Crippen molar-refractivity contribution in [3.05, 3.63) is 70.8 Å². The molecule has 0 saturated carbocycles. The number of nitrogens with zero attached hydrogens (tertiary/aromatic N) is 1. The molecular formula is C22H25NO3. The Hall–Kier alpha value is -2.62. The second-order valence-electron chi connectivity index (χ2n) is 6.86. The summed E-state index contributed by atoms with van der Waals surface area (Å²) in [4.78, 5) is 26.3. The van der Waals surface area contributed by atoms with Crippen molar-refractivity contribution in [2.75, 3.05) is 13.7 Å². The first-order chi connectivity index (χ1) is 12.6. The molecule has 26 heavy (non-hydrogen) atoms. The minimum Gasteiger partial charge on any atom is -0.452 e. The first-order valence-corrected chi connectivity index (χ1v) is 9.16. The average Bonchev–Trinajstić information content (AvgIpc) is 2.70. The fourth-order valence-electron chi connectivity index (χ4n) is 3.34. The molecule has 1 aliphatic rings. The molecule has 1 amide bonds. The van der Waals surface area contributed by atoms with Crippen molar-refractivity contribution < 1.29 is 14.3 Å². The number of likely N-dealkylation sites (N-methyl/N-ethyl adjacent to an activating group) is 1. The number of ether oxygens (including phenoxy) is 1. The number of carbonyl (C=O) groups is 2. The molecular weight excluding hydrogens is 326 g/mol. The van der Waals surface area contributed by atoms with Crippen LogP contribution in [0.25, 0.3) is 0 Å². The average molecular weight is 351 g/mol. The van der Waals surface area contributed by atoms with Gasteiger partial charge in [0.25, 0.3) is 5.91 Å². The van der Waals surface area contributed by atoms with Gasteiger partial charge in [-0.15, -0.1) is 0 Å². The minimum absolute atomic E-state index is 0.0776. The van der Waals surface area contributed by atoms with Crippen LogP contribution in [0, 0.1) is 0 Å². The van der Waals surface area contributed by atoms with E-state index in [0.29, 0.717) is 5.56 Å². The second kappa shape index (κ2) is 8.17. The molecule has 0 fully saturated rings. The number of benzene rings is 2. The van der Waals surface area contributed by atoms with Crippen molar-refractivity contribution in [3.63, 3.8) is 0 Å². The van der Waals surface area contributed by atoms with Gasteiger partial charge in [0.2, 0.25) is 0 Å². The van der Waals surface area contributed by atoms with E-state index >= 15 is 0 Å². The van der Waals surface area contributed by atoms with E-state index in [-0.39, 0.29) is 18.6 Å². The predicted molar refractivity (Wildman–Crippen MR) is 101 cm³/mol. The molecule has 0 unspecified atom stereocenters. The summed E-state index contributed by atoms with van der Waals surface area (Å²) in [6.07, 6.45) is 4.45. The molecule has 0 aliphatic heterocycles. The van der Waals surface area contributed by atoms with Gasteiger partial charge < -0.3 is 9.64 Å². The number of amides is 1. The van der Waals surface area contributed by atoms with Crippen molar-refractivity contribution in [1.29, 1.82) is 0 Å². The van der Waals surface area contributed by atoms with Gasteiger partial charge in [-0.3, -0.25) is 4.79 Å². The highest BCUT2D eigenvalue weighted by atomic mass is 16.5. The zero-order chi connectivity index (χ0) is 18.5. The summed E-state index contributed by atoms with van der Waals surface area (Å²) in [5, 5.41) is 0. The summed E-state index contributed by atoms with van der Waals surface area (Å²) in [6, 6.07) is 15.4. The zero-order valence-corrected chi connectivity index (χ0v) is 15.4. The standard InChI is InChI=1S/C22H25NO3/c1-16(17-8-4-3-5-9-17)23(2)21(24)15-26-22(25)20-13-12-18-10-6-7-11-19(18)14-20/h3-5,8-9,12-14,16H,6-7,10-11,15H2,1-2H3/t16-/m0/s1. The Bertz CT molecular complexity index is 785. The Labute approximate surface area is 154 Å². The fourth-order valence-corrected chi connectivity index (χ4v) is 3.34. The summed E-state index contributed by atoms with van der Waals surface area (Å²) in [5.41, 5.74) is 4.12. The van der Waals surface area contributed by atoms with Gasteiger partial charge in [-0.25, -0.2) is 4.79 Å². The Kier molecular flexibility index (Phi) is 5.71. The number of hydrogen-bond donors (Lipinski definition) is 0. The molecule has 4 nitrogen and oxygen atoms in total. The fraction of sp³-hybridized carbons (Fsp3) is 0.364. The van der Waals surface area contributed by atoms with Crippen molar-refractivity contribution >= 4 is 11.9 Å². The van der Waals surface area contributed by atoms with Crippen molar-refractivity contribution in [1.82, 2.24) is 4.90 Å². The summed E-state index contributed by atoms with van der Waals surface area (Å²) < 4.78 is 5.26. The molecule has 0 heterocycles. The van der Waals surface area contributed by atoms with E-state index in [9.17, 15) is 9.59 Å². The summed E-state index contributed by atoms with van der Waals surface area (Å²) in [6.45, 7) is 1.71. The summed E-state index contributed by atoms with van der Waals surface area (Å²) in [5.74, 6) is -0.653. The van der Waals surface area contributed by atoms with Gasteiger partial charge in [0.1, 0.15) is 0 Å². The normalized spacial score (nSPS) is 14.2. The molecule has 136 valence electrons. The van der Waals surface area contributed by atoms with Gasteiger partial charge in [-0.2, -0.15) is 0 Å². The number of hydrogen-bond acceptors (Lipinski definition) is 3. The first kappa shape index (κ1) is 18.2. The number of rotatable bonds is 5. The predicted octanol–water partition coefficient (Wildman–Crippen LogP) is 3.94. The van der Waals surface area contributed by atoms with E-state index in [0.717, 1.165) is 24.8 Å². The van der Waals surface area contributed by atoms with E-state index in [1.807, 2.05) is 49.4 Å². The molecule has 2 aromatic carbocycles. The Morgan fingerprint density at radius 3 is 2.46 bits per heavy atom. The molecule has 4 heteroatoms. The van der Waals surface area contributed by atoms with Crippen LogP contribution in [-0.2, 0) is 22.4 Å². The van der Waals surface area contributed by atoms with E-state index < -0.39 is 5.97 Å². The van der Waals surface area contributed by atoms with Crippen LogP contribution in [0.1, 0.15) is 52.9 Å². The molecule has 0 bridgehead atoms. The maximum atomic E-state index is 12.4. The van der Waals surface area contributed by atoms with Gasteiger partial charge in [-0.05, 0) is 61.4 Å². The third-order valence-electron chi connectivity index (χ3n) is 5.17. The van der Waals surface area contributed by atoms with Crippen molar-refractivity contribution in [2.45, 2.75) is 38.6 Å². The lowest BCUT2D eigenvalue weighted by atomic mass is 9.90. The van der Waals surface area contributed by atoms with E-state index in [1.54, 1.807) is 18.0 Å². The Morgan fingerprint density at radius 1 is 1.04 bits per heavy atom. The number of aryl methyl sites for hydroxylation is 2. The minimum atomic E-state index is -0.438. The van der Waals surface area contributed by atoms with Crippen LogP contribution in [-0.4, -0.2) is 30.4 Å². The molecule has 0 spiro atoms. The van der Waals surface area contributed by atoms with Gasteiger partial charge in [0.15, 0.2) is 6.61 Å². The third kappa shape index (κ3) is 4.13. The lowest BCUT2D eigenvalue weighted by molar-refractivity contribution is -0.135. The maximum absolute atomic E-state index is 12.4. The van der Waals surface area contributed by atoms with Crippen LogP contribution in [0.5, 0.6) is 0 Å².